The van der Waals surface area contributed by atoms with Crippen molar-refractivity contribution >= 4 is 22.8 Å². The van der Waals surface area contributed by atoms with Gasteiger partial charge in [0.25, 0.3) is 0 Å². The molecule has 7 nitrogen and oxygen atoms in total. The first kappa shape index (κ1) is 23.1. The van der Waals surface area contributed by atoms with E-state index in [0.29, 0.717) is 19.7 Å². The van der Waals surface area contributed by atoms with Gasteiger partial charge in [-0.2, -0.15) is 0 Å². The average Bonchev–Trinajstić information content (AvgIpc) is 3.42. The van der Waals surface area contributed by atoms with Gasteiger partial charge < -0.3 is 29.6 Å². The zero-order chi connectivity index (χ0) is 22.6. The number of furan rings is 2. The minimum atomic E-state index is -0.557. The molecule has 0 fully saturated rings. The van der Waals surface area contributed by atoms with Crippen molar-refractivity contribution in [1.82, 2.24) is 5.32 Å². The monoisotopic (exact) mass is 436 g/mol. The molecule has 1 amide bonds. The molecule has 0 aliphatic carbocycles. The predicted molar refractivity (Wildman–Crippen MR) is 124 cm³/mol. The van der Waals surface area contributed by atoms with Crippen LogP contribution in [0.25, 0.3) is 11.2 Å². The Kier molecular flexibility index (Phi) is 8.92. The molecule has 2 bridgehead atoms. The van der Waals surface area contributed by atoms with Crippen molar-refractivity contribution in [3.8, 4) is 11.5 Å². The maximum absolute atomic E-state index is 10.5. The lowest BCUT2D eigenvalue weighted by molar-refractivity contribution is -0.114. The van der Waals surface area contributed by atoms with Gasteiger partial charge in [-0.25, -0.2) is 0 Å². The third-order valence-electron chi connectivity index (χ3n) is 4.34. The molecule has 1 unspecified atom stereocenters. The fourth-order valence-corrected chi connectivity index (χ4v) is 2.87. The highest BCUT2D eigenvalue weighted by atomic mass is 16.5. The Labute approximate surface area is 187 Å². The van der Waals surface area contributed by atoms with Crippen LogP contribution in [0.3, 0.4) is 0 Å². The van der Waals surface area contributed by atoms with Crippen molar-refractivity contribution in [2.45, 2.75) is 13.0 Å². The topological polar surface area (TPSA) is 93.0 Å². The van der Waals surface area contributed by atoms with Gasteiger partial charge in [0, 0.05) is 31.8 Å². The molecule has 7 heteroatoms. The highest BCUT2D eigenvalue weighted by Crippen LogP contribution is 2.28. The molecule has 168 valence electrons. The summed E-state index contributed by atoms with van der Waals surface area (Å²) in [4.78, 5) is 10.5. The zero-order valence-electron chi connectivity index (χ0n) is 18.0. The third-order valence-corrected chi connectivity index (χ3v) is 4.34. The molecule has 0 aliphatic heterocycles. The predicted octanol–water partition coefficient (Wildman–Crippen LogP) is 3.92. The van der Waals surface area contributed by atoms with Gasteiger partial charge in [-0.1, -0.05) is 36.4 Å². The standard InChI is InChI=1S/C17H19NO4.C8H9NO/c19-13(12-21-14-4-2-1-3-5-14)11-18-8-9-20-17-10-15-6-7-16(17)22-15;1-7(10)9-8-5-3-2-4-6-8/h1-7,10,13,18-19H,8-9,11-12H2;2-6H,1H3,(H,9,10). The van der Waals surface area contributed by atoms with Gasteiger partial charge in [-0.15, -0.1) is 0 Å². The van der Waals surface area contributed by atoms with E-state index in [1.165, 1.54) is 6.92 Å². The molecule has 32 heavy (non-hydrogen) atoms. The molecule has 2 heterocycles. The van der Waals surface area contributed by atoms with E-state index < -0.39 is 6.10 Å². The maximum atomic E-state index is 10.5. The first-order chi connectivity index (χ1) is 15.6. The van der Waals surface area contributed by atoms with E-state index in [1.807, 2.05) is 78.9 Å². The minimum absolute atomic E-state index is 0.0359. The Balaban J connectivity index is 0.000000243. The van der Waals surface area contributed by atoms with Crippen molar-refractivity contribution in [3.63, 3.8) is 0 Å². The Morgan fingerprint density at radius 3 is 2.34 bits per heavy atom. The van der Waals surface area contributed by atoms with Crippen LogP contribution in [0.15, 0.2) is 83.3 Å². The van der Waals surface area contributed by atoms with Gasteiger partial charge in [0.05, 0.1) is 0 Å². The average molecular weight is 437 g/mol. The van der Waals surface area contributed by atoms with Crippen molar-refractivity contribution in [2.75, 3.05) is 31.6 Å². The second kappa shape index (κ2) is 12.3. The van der Waals surface area contributed by atoms with Crippen LogP contribution in [-0.4, -0.2) is 43.4 Å². The molecule has 2 aromatic carbocycles. The Bertz CT molecular complexity index is 1040. The number of rotatable bonds is 10. The van der Waals surface area contributed by atoms with Crippen molar-refractivity contribution in [2.24, 2.45) is 0 Å². The smallest absolute Gasteiger partial charge is 0.221 e. The van der Waals surface area contributed by atoms with Crippen LogP contribution in [0.5, 0.6) is 11.5 Å². The number of aliphatic hydroxyl groups is 1. The highest BCUT2D eigenvalue weighted by Gasteiger charge is 2.08. The molecule has 1 atom stereocenters. The Morgan fingerprint density at radius 1 is 1.00 bits per heavy atom. The molecule has 4 aromatic rings. The summed E-state index contributed by atoms with van der Waals surface area (Å²) in [6, 6.07) is 24.5. The molecule has 2 aromatic heterocycles. The van der Waals surface area contributed by atoms with Gasteiger partial charge in [-0.05, 0) is 36.4 Å². The summed E-state index contributed by atoms with van der Waals surface area (Å²) < 4.78 is 16.5. The summed E-state index contributed by atoms with van der Waals surface area (Å²) in [7, 11) is 0. The summed E-state index contributed by atoms with van der Waals surface area (Å²) >= 11 is 0. The van der Waals surface area contributed by atoms with Crippen LogP contribution in [0.4, 0.5) is 5.69 Å². The lowest BCUT2D eigenvalue weighted by Gasteiger charge is -2.13. The van der Waals surface area contributed by atoms with Crippen molar-refractivity contribution < 1.29 is 23.8 Å². The van der Waals surface area contributed by atoms with E-state index in [-0.39, 0.29) is 12.5 Å². The molecular formula is C25H28N2O5. The summed E-state index contributed by atoms with van der Waals surface area (Å²) in [5.41, 5.74) is 2.44. The number of anilines is 1. The number of hydrogen-bond donors (Lipinski definition) is 3. The van der Waals surface area contributed by atoms with Gasteiger partial charge in [0.1, 0.15) is 30.7 Å². The van der Waals surface area contributed by atoms with Crippen LogP contribution in [0, 0.1) is 0 Å². The second-order valence-electron chi connectivity index (χ2n) is 7.09. The number of ether oxygens (including phenoxy) is 2. The van der Waals surface area contributed by atoms with Crippen molar-refractivity contribution in [3.05, 3.63) is 78.9 Å². The SMILES string of the molecule is CC(=O)Nc1ccccc1.OC(CNCCOc1cc2ccc1o2)COc1ccccc1. The van der Waals surface area contributed by atoms with Crippen LogP contribution >= 0.6 is 0 Å². The lowest BCUT2D eigenvalue weighted by atomic mass is 10.3. The van der Waals surface area contributed by atoms with E-state index in [4.69, 9.17) is 13.9 Å². The minimum Gasteiger partial charge on any atom is -0.491 e. The van der Waals surface area contributed by atoms with Crippen LogP contribution in [-0.2, 0) is 4.79 Å². The number of carbonyl (C=O) groups is 1. The number of amides is 1. The number of fused-ring (bicyclic) bond motifs is 2. The summed E-state index contributed by atoms with van der Waals surface area (Å²) in [5, 5.41) is 15.6. The van der Waals surface area contributed by atoms with Gasteiger partial charge in [0.15, 0.2) is 11.3 Å². The van der Waals surface area contributed by atoms with Crippen LogP contribution in [0.2, 0.25) is 0 Å². The number of benzene rings is 3. The second-order valence-corrected chi connectivity index (χ2v) is 7.09. The highest BCUT2D eigenvalue weighted by molar-refractivity contribution is 5.88. The molecular weight excluding hydrogens is 408 g/mol. The quantitative estimate of drug-likeness (QED) is 0.326. The summed E-state index contributed by atoms with van der Waals surface area (Å²) in [5.74, 6) is 1.49. The molecule has 0 radical (unpaired) electrons. The van der Waals surface area contributed by atoms with E-state index in [9.17, 15) is 9.90 Å². The summed E-state index contributed by atoms with van der Waals surface area (Å²) in [6.45, 7) is 3.38. The fraction of sp³-hybridized carbons (Fsp3) is 0.240. The van der Waals surface area contributed by atoms with E-state index in [1.54, 1.807) is 0 Å². The summed E-state index contributed by atoms with van der Waals surface area (Å²) in [6.07, 6.45) is -0.557. The first-order valence-corrected chi connectivity index (χ1v) is 10.4. The number of carbonyl (C=O) groups excluding carboxylic acids is 1. The molecule has 3 N–H and O–H groups in total. The van der Waals surface area contributed by atoms with Crippen LogP contribution < -0.4 is 20.1 Å². The Morgan fingerprint density at radius 2 is 1.72 bits per heavy atom. The fourth-order valence-electron chi connectivity index (χ4n) is 2.87. The van der Waals surface area contributed by atoms with E-state index in [2.05, 4.69) is 10.6 Å². The first-order valence-electron chi connectivity index (χ1n) is 10.4. The number of nitrogens with one attached hydrogen (secondary N) is 2. The Hall–Kier alpha value is -3.55. The molecule has 0 saturated heterocycles. The molecule has 0 spiro atoms. The zero-order valence-corrected chi connectivity index (χ0v) is 18.0. The largest absolute Gasteiger partial charge is 0.491 e. The van der Waals surface area contributed by atoms with Gasteiger partial charge in [0.2, 0.25) is 5.91 Å². The maximum Gasteiger partial charge on any atom is 0.221 e. The number of hydrogen-bond acceptors (Lipinski definition) is 6. The number of para-hydroxylation sites is 2. The van der Waals surface area contributed by atoms with Crippen molar-refractivity contribution in [1.29, 1.82) is 0 Å². The lowest BCUT2D eigenvalue weighted by Crippen LogP contribution is -2.33. The molecule has 0 aliphatic rings. The molecule has 0 saturated carbocycles. The molecule has 4 rings (SSSR count). The van der Waals surface area contributed by atoms with Gasteiger partial charge in [-0.3, -0.25) is 4.79 Å². The third kappa shape index (κ3) is 7.94. The number of aliphatic hydroxyl groups excluding tert-OH is 1. The van der Waals surface area contributed by atoms with E-state index in [0.717, 1.165) is 28.4 Å². The van der Waals surface area contributed by atoms with Crippen LogP contribution in [0.1, 0.15) is 6.92 Å². The normalized spacial score (nSPS) is 11.4. The van der Waals surface area contributed by atoms with E-state index >= 15 is 0 Å². The van der Waals surface area contributed by atoms with Gasteiger partial charge >= 0.3 is 0 Å².